The van der Waals surface area contributed by atoms with Gasteiger partial charge in [-0.2, -0.15) is 9.50 Å². The summed E-state index contributed by atoms with van der Waals surface area (Å²) in [7, 11) is 1.58. The zero-order chi connectivity index (χ0) is 19.5. The zero-order valence-electron chi connectivity index (χ0n) is 15.2. The number of fused-ring (bicyclic) bond motifs is 1. The van der Waals surface area contributed by atoms with Gasteiger partial charge in [-0.3, -0.25) is 0 Å². The van der Waals surface area contributed by atoms with Crippen LogP contribution in [-0.2, 0) is 17.1 Å². The zero-order valence-corrected chi connectivity index (χ0v) is 16.0. The second-order valence-electron chi connectivity index (χ2n) is 6.14. The van der Waals surface area contributed by atoms with Crippen molar-refractivity contribution in [2.24, 2.45) is 0 Å². The quantitative estimate of drug-likeness (QED) is 0.498. The molecule has 28 heavy (non-hydrogen) atoms. The minimum absolute atomic E-state index is 0.257. The number of nitrogens with zero attached hydrogens (tertiary/aromatic N) is 4. The van der Waals surface area contributed by atoms with E-state index >= 15 is 0 Å². The van der Waals surface area contributed by atoms with E-state index < -0.39 is 0 Å². The molecule has 2 N–H and O–H groups in total. The number of thioether (sulfide) groups is 1. The van der Waals surface area contributed by atoms with E-state index in [-0.39, 0.29) is 12.4 Å². The Morgan fingerprint density at radius 1 is 1.07 bits per heavy atom. The lowest BCUT2D eigenvalue weighted by Gasteiger charge is -2.12. The van der Waals surface area contributed by atoms with E-state index in [0.29, 0.717) is 28.0 Å². The first-order valence-corrected chi connectivity index (χ1v) is 9.61. The molecule has 0 spiro atoms. The Balaban J connectivity index is 1.73. The summed E-state index contributed by atoms with van der Waals surface area (Å²) in [5, 5.41) is 5.08. The van der Waals surface area contributed by atoms with E-state index in [1.165, 1.54) is 34.0 Å². The molecule has 0 unspecified atom stereocenters. The number of aromatic nitrogens is 4. The highest BCUT2D eigenvalue weighted by molar-refractivity contribution is 7.98. The van der Waals surface area contributed by atoms with E-state index in [4.69, 9.17) is 10.5 Å². The van der Waals surface area contributed by atoms with Gasteiger partial charge < -0.3 is 10.5 Å². The molecular weight excluding hydrogens is 377 g/mol. The van der Waals surface area contributed by atoms with Crippen LogP contribution in [-0.4, -0.2) is 26.7 Å². The lowest BCUT2D eigenvalue weighted by Crippen LogP contribution is -2.08. The van der Waals surface area contributed by atoms with Gasteiger partial charge in [-0.05, 0) is 23.3 Å². The Bertz CT molecular complexity index is 1100. The lowest BCUT2D eigenvalue weighted by molar-refractivity contribution is 0.182. The Kier molecular flexibility index (Phi) is 5.23. The van der Waals surface area contributed by atoms with Gasteiger partial charge >= 0.3 is 0 Å². The van der Waals surface area contributed by atoms with Crippen molar-refractivity contribution in [1.82, 2.24) is 19.6 Å². The monoisotopic (exact) mass is 395 g/mol. The van der Waals surface area contributed by atoms with Crippen LogP contribution in [0.4, 0.5) is 10.2 Å². The van der Waals surface area contributed by atoms with Gasteiger partial charge in [0.15, 0.2) is 0 Å². The molecule has 142 valence electrons. The maximum atomic E-state index is 13.3. The SMILES string of the molecule is COCc1nc2nc(SCc3ccccc3)nn2c(N)c1-c1ccc(F)cc1. The van der Waals surface area contributed by atoms with Crippen molar-refractivity contribution < 1.29 is 9.13 Å². The minimum atomic E-state index is -0.315. The van der Waals surface area contributed by atoms with E-state index in [2.05, 4.69) is 27.2 Å². The number of anilines is 1. The Labute approximate surface area is 165 Å². The second-order valence-corrected chi connectivity index (χ2v) is 7.08. The summed E-state index contributed by atoms with van der Waals surface area (Å²) in [4.78, 5) is 9.07. The maximum Gasteiger partial charge on any atom is 0.255 e. The second kappa shape index (κ2) is 7.95. The molecule has 0 saturated carbocycles. The smallest absolute Gasteiger partial charge is 0.255 e. The van der Waals surface area contributed by atoms with Crippen LogP contribution < -0.4 is 5.73 Å². The van der Waals surface area contributed by atoms with E-state index in [0.717, 1.165) is 11.3 Å². The van der Waals surface area contributed by atoms with Crippen LogP contribution in [0.5, 0.6) is 0 Å². The van der Waals surface area contributed by atoms with Gasteiger partial charge in [0, 0.05) is 18.4 Å². The summed E-state index contributed by atoms with van der Waals surface area (Å²) in [6.45, 7) is 0.257. The van der Waals surface area contributed by atoms with Gasteiger partial charge in [0.05, 0.1) is 12.3 Å². The number of benzene rings is 2. The number of rotatable bonds is 6. The molecule has 0 saturated heterocycles. The molecule has 0 fully saturated rings. The first kappa shape index (κ1) is 18.4. The standard InChI is InChI=1S/C20H18FN5OS/c1-27-11-16-17(14-7-9-15(21)10-8-14)18(22)26-19(23-16)24-20(25-26)28-12-13-5-3-2-4-6-13/h2-10H,11-12,22H2,1H3. The highest BCUT2D eigenvalue weighted by Crippen LogP contribution is 2.31. The summed E-state index contributed by atoms with van der Waals surface area (Å²) in [5.74, 6) is 1.23. The van der Waals surface area contributed by atoms with Crippen molar-refractivity contribution in [3.8, 4) is 11.1 Å². The van der Waals surface area contributed by atoms with Gasteiger partial charge in [-0.1, -0.05) is 54.2 Å². The number of ether oxygens (including phenoxy) is 1. The van der Waals surface area contributed by atoms with Crippen molar-refractivity contribution in [2.45, 2.75) is 17.5 Å². The number of hydrogen-bond acceptors (Lipinski definition) is 6. The normalized spacial score (nSPS) is 11.2. The minimum Gasteiger partial charge on any atom is -0.383 e. The summed E-state index contributed by atoms with van der Waals surface area (Å²) in [6, 6.07) is 16.2. The number of nitrogen functional groups attached to an aromatic ring is 1. The molecular formula is C20H18FN5OS. The summed E-state index contributed by atoms with van der Waals surface area (Å²) in [6.07, 6.45) is 0. The molecule has 4 aromatic rings. The summed E-state index contributed by atoms with van der Waals surface area (Å²) < 4.78 is 20.1. The highest BCUT2D eigenvalue weighted by atomic mass is 32.2. The summed E-state index contributed by atoms with van der Waals surface area (Å²) >= 11 is 1.51. The topological polar surface area (TPSA) is 78.3 Å². The van der Waals surface area contributed by atoms with Crippen LogP contribution in [0.2, 0.25) is 0 Å². The van der Waals surface area contributed by atoms with Gasteiger partial charge in [-0.25, -0.2) is 9.37 Å². The van der Waals surface area contributed by atoms with Crippen LogP contribution >= 0.6 is 11.8 Å². The van der Waals surface area contributed by atoms with Crippen LogP contribution in [0.15, 0.2) is 59.8 Å². The Morgan fingerprint density at radius 3 is 2.54 bits per heavy atom. The molecule has 2 aromatic heterocycles. The first-order valence-electron chi connectivity index (χ1n) is 8.62. The molecule has 0 aliphatic rings. The molecule has 0 radical (unpaired) electrons. The fourth-order valence-corrected chi connectivity index (χ4v) is 3.68. The molecule has 0 atom stereocenters. The van der Waals surface area contributed by atoms with E-state index in [9.17, 15) is 4.39 Å². The van der Waals surface area contributed by atoms with Crippen LogP contribution in [0.25, 0.3) is 16.9 Å². The van der Waals surface area contributed by atoms with Crippen LogP contribution in [0, 0.1) is 5.82 Å². The molecule has 2 heterocycles. The fourth-order valence-electron chi connectivity index (χ4n) is 2.91. The molecule has 6 nitrogen and oxygen atoms in total. The van der Waals surface area contributed by atoms with E-state index in [1.54, 1.807) is 19.2 Å². The molecule has 0 aliphatic heterocycles. The molecule has 0 amide bonds. The lowest BCUT2D eigenvalue weighted by atomic mass is 10.0. The van der Waals surface area contributed by atoms with Crippen molar-refractivity contribution in [3.05, 3.63) is 71.7 Å². The molecule has 0 aliphatic carbocycles. The number of methoxy groups -OCH3 is 1. The third kappa shape index (κ3) is 3.69. The molecule has 0 bridgehead atoms. The van der Waals surface area contributed by atoms with Crippen molar-refractivity contribution in [2.75, 3.05) is 12.8 Å². The molecule has 4 rings (SSSR count). The molecule has 2 aromatic carbocycles. The molecule has 8 heteroatoms. The highest BCUT2D eigenvalue weighted by Gasteiger charge is 2.18. The van der Waals surface area contributed by atoms with Gasteiger partial charge in [-0.15, -0.1) is 5.10 Å². The maximum absolute atomic E-state index is 13.3. The van der Waals surface area contributed by atoms with Crippen LogP contribution in [0.1, 0.15) is 11.3 Å². The number of halogens is 1. The third-order valence-electron chi connectivity index (χ3n) is 4.20. The number of nitrogens with two attached hydrogens (primary N) is 1. The number of hydrogen-bond donors (Lipinski definition) is 1. The van der Waals surface area contributed by atoms with Gasteiger partial charge in [0.25, 0.3) is 5.78 Å². The predicted octanol–water partition coefficient (Wildman–Crippen LogP) is 3.95. The Hall–Kier alpha value is -2.97. The van der Waals surface area contributed by atoms with Gasteiger partial charge in [0.1, 0.15) is 11.6 Å². The van der Waals surface area contributed by atoms with E-state index in [1.807, 2.05) is 18.2 Å². The van der Waals surface area contributed by atoms with Crippen LogP contribution in [0.3, 0.4) is 0 Å². The Morgan fingerprint density at radius 2 is 1.82 bits per heavy atom. The van der Waals surface area contributed by atoms with Gasteiger partial charge in [0.2, 0.25) is 5.16 Å². The average molecular weight is 395 g/mol. The van der Waals surface area contributed by atoms with Crippen molar-refractivity contribution in [1.29, 1.82) is 0 Å². The van der Waals surface area contributed by atoms with Crippen molar-refractivity contribution in [3.63, 3.8) is 0 Å². The third-order valence-corrected chi connectivity index (χ3v) is 5.11. The van der Waals surface area contributed by atoms with Crippen molar-refractivity contribution >= 4 is 23.4 Å². The first-order chi connectivity index (χ1) is 13.7. The summed E-state index contributed by atoms with van der Waals surface area (Å²) in [5.41, 5.74) is 9.62. The largest absolute Gasteiger partial charge is 0.383 e. The predicted molar refractivity (Wildman–Crippen MR) is 107 cm³/mol. The fraction of sp³-hybridized carbons (Fsp3) is 0.150. The average Bonchev–Trinajstić information content (AvgIpc) is 3.12.